The molecule has 0 amide bonds. The van der Waals surface area contributed by atoms with E-state index in [-0.39, 0.29) is 0 Å². The van der Waals surface area contributed by atoms with Crippen LogP contribution in [-0.4, -0.2) is 14.4 Å². The van der Waals surface area contributed by atoms with Gasteiger partial charge in [-0.15, -0.1) is 0 Å². The Morgan fingerprint density at radius 1 is 1.16 bits per heavy atom. The summed E-state index contributed by atoms with van der Waals surface area (Å²) < 4.78 is 2.17. The van der Waals surface area contributed by atoms with E-state index in [1.807, 2.05) is 6.07 Å². The minimum Gasteiger partial charge on any atom is -0.339 e. The molecule has 3 aromatic heterocycles. The van der Waals surface area contributed by atoms with Gasteiger partial charge in [-0.2, -0.15) is 0 Å². The Labute approximate surface area is 110 Å². The van der Waals surface area contributed by atoms with E-state index in [0.29, 0.717) is 0 Å². The van der Waals surface area contributed by atoms with Gasteiger partial charge in [0, 0.05) is 17.1 Å². The molecule has 1 N–H and O–H groups in total. The number of aromatic amines is 1. The van der Waals surface area contributed by atoms with E-state index in [0.717, 1.165) is 35.2 Å². The average molecular weight is 249 g/mol. The lowest BCUT2D eigenvalue weighted by atomic mass is 10.2. The molecule has 0 aliphatic rings. The Bertz CT molecular complexity index is 883. The SMILES string of the molecule is CCCc1ccc2nc3c4ccccc4[nH]c3n2c1. The van der Waals surface area contributed by atoms with Crippen LogP contribution in [0, 0.1) is 0 Å². The van der Waals surface area contributed by atoms with Gasteiger partial charge in [0.25, 0.3) is 0 Å². The highest BCUT2D eigenvalue weighted by atomic mass is 15.1. The topological polar surface area (TPSA) is 33.1 Å². The first kappa shape index (κ1) is 10.6. The van der Waals surface area contributed by atoms with Crippen molar-refractivity contribution < 1.29 is 0 Å². The van der Waals surface area contributed by atoms with Crippen LogP contribution in [0.5, 0.6) is 0 Å². The molecule has 0 aliphatic carbocycles. The second-order valence-corrected chi connectivity index (χ2v) is 5.00. The molecule has 94 valence electrons. The molecule has 0 fully saturated rings. The number of benzene rings is 1. The number of aryl methyl sites for hydroxylation is 1. The van der Waals surface area contributed by atoms with Gasteiger partial charge in [0.15, 0.2) is 0 Å². The van der Waals surface area contributed by atoms with Crippen LogP contribution in [0.15, 0.2) is 42.6 Å². The van der Waals surface area contributed by atoms with Crippen molar-refractivity contribution in [1.29, 1.82) is 0 Å². The smallest absolute Gasteiger partial charge is 0.143 e. The highest BCUT2D eigenvalue weighted by Crippen LogP contribution is 2.25. The van der Waals surface area contributed by atoms with Gasteiger partial charge in [0.2, 0.25) is 0 Å². The number of pyridine rings is 1. The van der Waals surface area contributed by atoms with Crippen LogP contribution in [0.1, 0.15) is 18.9 Å². The predicted octanol–water partition coefficient (Wildman–Crippen LogP) is 3.92. The third kappa shape index (κ3) is 1.48. The number of rotatable bonds is 2. The zero-order valence-corrected chi connectivity index (χ0v) is 10.9. The average Bonchev–Trinajstić information content (AvgIpc) is 2.95. The summed E-state index contributed by atoms with van der Waals surface area (Å²) in [5, 5.41) is 1.19. The molecule has 0 aliphatic heterocycles. The summed E-state index contributed by atoms with van der Waals surface area (Å²) in [5.41, 5.74) is 5.66. The van der Waals surface area contributed by atoms with E-state index >= 15 is 0 Å². The molecule has 0 saturated heterocycles. The van der Waals surface area contributed by atoms with Gasteiger partial charge < -0.3 is 4.98 Å². The normalized spacial score (nSPS) is 11.8. The van der Waals surface area contributed by atoms with Crippen LogP contribution in [0.25, 0.3) is 27.7 Å². The molecule has 0 unspecified atom stereocenters. The van der Waals surface area contributed by atoms with Crippen LogP contribution in [0.2, 0.25) is 0 Å². The summed E-state index contributed by atoms with van der Waals surface area (Å²) in [6.07, 6.45) is 4.47. The van der Waals surface area contributed by atoms with Gasteiger partial charge in [-0.3, -0.25) is 4.40 Å². The Balaban J connectivity index is 2.10. The molecule has 0 bridgehead atoms. The minimum atomic E-state index is 1.01. The molecule has 3 nitrogen and oxygen atoms in total. The lowest BCUT2D eigenvalue weighted by molar-refractivity contribution is 0.910. The Morgan fingerprint density at radius 3 is 2.95 bits per heavy atom. The molecule has 3 heterocycles. The van der Waals surface area contributed by atoms with Gasteiger partial charge in [-0.1, -0.05) is 37.6 Å². The minimum absolute atomic E-state index is 1.01. The highest BCUT2D eigenvalue weighted by molar-refractivity contribution is 6.05. The molecule has 0 saturated carbocycles. The summed E-state index contributed by atoms with van der Waals surface area (Å²) in [6.45, 7) is 2.20. The highest BCUT2D eigenvalue weighted by Gasteiger charge is 2.10. The Kier molecular flexibility index (Phi) is 2.15. The molecule has 0 atom stereocenters. The number of fused-ring (bicyclic) bond motifs is 5. The van der Waals surface area contributed by atoms with Gasteiger partial charge >= 0.3 is 0 Å². The van der Waals surface area contributed by atoms with Gasteiger partial charge in [0.05, 0.1) is 0 Å². The van der Waals surface area contributed by atoms with Crippen molar-refractivity contribution in [1.82, 2.24) is 14.4 Å². The van der Waals surface area contributed by atoms with Gasteiger partial charge in [0.1, 0.15) is 16.8 Å². The lowest BCUT2D eigenvalue weighted by Gasteiger charge is -2.00. The van der Waals surface area contributed by atoms with E-state index in [1.165, 1.54) is 10.9 Å². The largest absolute Gasteiger partial charge is 0.339 e. The van der Waals surface area contributed by atoms with Crippen LogP contribution in [0.4, 0.5) is 0 Å². The van der Waals surface area contributed by atoms with Gasteiger partial charge in [-0.05, 0) is 24.1 Å². The van der Waals surface area contributed by atoms with E-state index in [4.69, 9.17) is 4.98 Å². The van der Waals surface area contributed by atoms with E-state index in [1.54, 1.807) is 0 Å². The number of H-pyrrole nitrogens is 1. The van der Waals surface area contributed by atoms with Crippen LogP contribution < -0.4 is 0 Å². The van der Waals surface area contributed by atoms with E-state index in [2.05, 4.69) is 52.8 Å². The predicted molar refractivity (Wildman–Crippen MR) is 78.5 cm³/mol. The fraction of sp³-hybridized carbons (Fsp3) is 0.188. The number of imidazole rings is 1. The summed E-state index contributed by atoms with van der Waals surface area (Å²) in [5.74, 6) is 0. The lowest BCUT2D eigenvalue weighted by Crippen LogP contribution is -1.90. The number of hydrogen-bond acceptors (Lipinski definition) is 1. The van der Waals surface area contributed by atoms with E-state index in [9.17, 15) is 0 Å². The quantitative estimate of drug-likeness (QED) is 0.574. The van der Waals surface area contributed by atoms with Crippen molar-refractivity contribution >= 4 is 27.7 Å². The summed E-state index contributed by atoms with van der Waals surface area (Å²) >= 11 is 0. The fourth-order valence-electron chi connectivity index (χ4n) is 2.76. The van der Waals surface area contributed by atoms with Gasteiger partial charge in [-0.25, -0.2) is 4.98 Å². The van der Waals surface area contributed by atoms with E-state index < -0.39 is 0 Å². The van der Waals surface area contributed by atoms with Crippen molar-refractivity contribution in [2.24, 2.45) is 0 Å². The molecule has 19 heavy (non-hydrogen) atoms. The number of aromatic nitrogens is 3. The molecular weight excluding hydrogens is 234 g/mol. The number of para-hydroxylation sites is 1. The van der Waals surface area contributed by atoms with Crippen molar-refractivity contribution in [2.45, 2.75) is 19.8 Å². The van der Waals surface area contributed by atoms with Crippen molar-refractivity contribution in [3.63, 3.8) is 0 Å². The molecule has 3 heteroatoms. The Hall–Kier alpha value is -2.29. The molecule has 1 aromatic carbocycles. The maximum atomic E-state index is 4.74. The number of nitrogens with zero attached hydrogens (tertiary/aromatic N) is 2. The van der Waals surface area contributed by atoms with Crippen LogP contribution in [-0.2, 0) is 6.42 Å². The molecule has 0 radical (unpaired) electrons. The maximum absolute atomic E-state index is 4.74. The standard InChI is InChI=1S/C16H15N3/c1-2-5-11-8-9-14-18-15-12-6-3-4-7-13(12)17-16(15)19(14)10-11/h3-4,6-10,17H,2,5H2,1H3. The van der Waals surface area contributed by atoms with Crippen LogP contribution >= 0.6 is 0 Å². The first-order valence-corrected chi connectivity index (χ1v) is 6.74. The van der Waals surface area contributed by atoms with Crippen molar-refractivity contribution in [3.8, 4) is 0 Å². The Morgan fingerprint density at radius 2 is 2.05 bits per heavy atom. The number of hydrogen-bond donors (Lipinski definition) is 1. The zero-order valence-electron chi connectivity index (χ0n) is 10.9. The summed E-state index contributed by atoms with van der Waals surface area (Å²) in [6, 6.07) is 12.6. The second-order valence-electron chi connectivity index (χ2n) is 5.00. The molecular formula is C16H15N3. The van der Waals surface area contributed by atoms with Crippen molar-refractivity contribution in [3.05, 3.63) is 48.2 Å². The summed E-state index contributed by atoms with van der Waals surface area (Å²) in [4.78, 5) is 8.21. The zero-order chi connectivity index (χ0) is 12.8. The fourth-order valence-corrected chi connectivity index (χ4v) is 2.76. The first-order chi connectivity index (χ1) is 9.36. The summed E-state index contributed by atoms with van der Waals surface area (Å²) in [7, 11) is 0. The molecule has 0 spiro atoms. The molecule has 4 aromatic rings. The maximum Gasteiger partial charge on any atom is 0.143 e. The second kappa shape index (κ2) is 3.85. The first-order valence-electron chi connectivity index (χ1n) is 6.74. The van der Waals surface area contributed by atoms with Crippen molar-refractivity contribution in [2.75, 3.05) is 0 Å². The third-order valence-corrected chi connectivity index (χ3v) is 3.65. The molecule has 4 rings (SSSR count). The monoisotopic (exact) mass is 249 g/mol. The van der Waals surface area contributed by atoms with Crippen LogP contribution in [0.3, 0.4) is 0 Å². The third-order valence-electron chi connectivity index (χ3n) is 3.65. The number of nitrogens with one attached hydrogen (secondary N) is 1.